The lowest BCUT2D eigenvalue weighted by Crippen LogP contribution is -2.34. The van der Waals surface area contributed by atoms with E-state index in [0.717, 1.165) is 24.9 Å². The van der Waals surface area contributed by atoms with Crippen LogP contribution in [0.15, 0.2) is 22.7 Å². The lowest BCUT2D eigenvalue weighted by atomic mass is 9.86. The van der Waals surface area contributed by atoms with Gasteiger partial charge < -0.3 is 5.32 Å². The van der Waals surface area contributed by atoms with Gasteiger partial charge in [0.1, 0.15) is 5.82 Å². The second-order valence-electron chi connectivity index (χ2n) is 5.94. The van der Waals surface area contributed by atoms with Gasteiger partial charge in [0.15, 0.2) is 0 Å². The Morgan fingerprint density at radius 1 is 1.33 bits per heavy atom. The van der Waals surface area contributed by atoms with Crippen LogP contribution in [0.5, 0.6) is 0 Å². The molecule has 0 aliphatic rings. The van der Waals surface area contributed by atoms with Gasteiger partial charge in [-0.3, -0.25) is 0 Å². The highest BCUT2D eigenvalue weighted by Crippen LogP contribution is 2.26. The zero-order valence-electron chi connectivity index (χ0n) is 11.7. The normalized spacial score (nSPS) is 13.7. The predicted molar refractivity (Wildman–Crippen MR) is 79.3 cm³/mol. The Labute approximate surface area is 118 Å². The van der Waals surface area contributed by atoms with Crippen molar-refractivity contribution in [3.8, 4) is 0 Å². The monoisotopic (exact) mass is 315 g/mol. The summed E-state index contributed by atoms with van der Waals surface area (Å²) in [5.41, 5.74) is 1.30. The van der Waals surface area contributed by atoms with Crippen LogP contribution < -0.4 is 5.32 Å². The summed E-state index contributed by atoms with van der Waals surface area (Å²) < 4.78 is 14.1. The van der Waals surface area contributed by atoms with E-state index in [0.29, 0.717) is 10.5 Å². The van der Waals surface area contributed by atoms with Crippen LogP contribution in [0.3, 0.4) is 0 Å². The van der Waals surface area contributed by atoms with E-state index in [1.165, 1.54) is 6.07 Å². The van der Waals surface area contributed by atoms with Gasteiger partial charge >= 0.3 is 0 Å². The fraction of sp³-hybridized carbons (Fsp3) is 0.600. The SMILES string of the molecule is CCNC(Cc1cccc(F)c1Br)CC(C)(C)C. The average molecular weight is 316 g/mol. The highest BCUT2D eigenvalue weighted by Gasteiger charge is 2.19. The van der Waals surface area contributed by atoms with Gasteiger partial charge in [0.05, 0.1) is 4.47 Å². The molecule has 1 aromatic rings. The Morgan fingerprint density at radius 3 is 2.56 bits per heavy atom. The fourth-order valence-electron chi connectivity index (χ4n) is 2.22. The zero-order chi connectivity index (χ0) is 13.8. The van der Waals surface area contributed by atoms with Gasteiger partial charge in [-0.25, -0.2) is 4.39 Å². The van der Waals surface area contributed by atoms with E-state index in [9.17, 15) is 4.39 Å². The number of nitrogens with one attached hydrogen (secondary N) is 1. The van der Waals surface area contributed by atoms with Crippen molar-refractivity contribution in [3.05, 3.63) is 34.1 Å². The molecule has 102 valence electrons. The maximum absolute atomic E-state index is 13.5. The van der Waals surface area contributed by atoms with Gasteiger partial charge in [0.25, 0.3) is 0 Å². The van der Waals surface area contributed by atoms with Crippen LogP contribution in [-0.4, -0.2) is 12.6 Å². The summed E-state index contributed by atoms with van der Waals surface area (Å²) in [4.78, 5) is 0. The molecular weight excluding hydrogens is 293 g/mol. The number of likely N-dealkylation sites (N-methyl/N-ethyl adjacent to an activating group) is 1. The van der Waals surface area contributed by atoms with Crippen LogP contribution in [0.25, 0.3) is 0 Å². The molecule has 0 bridgehead atoms. The molecule has 0 aliphatic heterocycles. The molecule has 0 spiro atoms. The van der Waals surface area contributed by atoms with E-state index in [1.54, 1.807) is 6.07 Å². The van der Waals surface area contributed by atoms with Crippen molar-refractivity contribution in [2.45, 2.75) is 46.6 Å². The van der Waals surface area contributed by atoms with Crippen molar-refractivity contribution in [2.75, 3.05) is 6.54 Å². The third-order valence-electron chi connectivity index (χ3n) is 2.85. The first-order valence-electron chi connectivity index (χ1n) is 6.49. The molecule has 1 N–H and O–H groups in total. The van der Waals surface area contributed by atoms with Crippen LogP contribution in [0.1, 0.15) is 39.7 Å². The van der Waals surface area contributed by atoms with Crippen LogP contribution in [0, 0.1) is 11.2 Å². The van der Waals surface area contributed by atoms with Crippen LogP contribution in [0.2, 0.25) is 0 Å². The first-order valence-corrected chi connectivity index (χ1v) is 7.29. The van der Waals surface area contributed by atoms with E-state index in [1.807, 2.05) is 6.07 Å². The largest absolute Gasteiger partial charge is 0.314 e. The molecule has 0 amide bonds. The molecule has 1 rings (SSSR count). The minimum Gasteiger partial charge on any atom is -0.314 e. The summed E-state index contributed by atoms with van der Waals surface area (Å²) in [7, 11) is 0. The maximum Gasteiger partial charge on any atom is 0.137 e. The van der Waals surface area contributed by atoms with E-state index < -0.39 is 0 Å². The second-order valence-corrected chi connectivity index (χ2v) is 6.73. The maximum atomic E-state index is 13.5. The number of halogens is 2. The van der Waals surface area contributed by atoms with E-state index in [4.69, 9.17) is 0 Å². The Bertz CT molecular complexity index is 385. The molecule has 1 atom stereocenters. The molecule has 1 aromatic carbocycles. The molecule has 1 nitrogen and oxygen atoms in total. The molecule has 0 radical (unpaired) electrons. The summed E-state index contributed by atoms with van der Waals surface area (Å²) in [6.45, 7) is 9.75. The molecule has 0 saturated carbocycles. The quantitative estimate of drug-likeness (QED) is 0.840. The van der Waals surface area contributed by atoms with Gasteiger partial charge in [-0.05, 0) is 52.4 Å². The van der Waals surface area contributed by atoms with Crippen LogP contribution >= 0.6 is 15.9 Å². The van der Waals surface area contributed by atoms with Crippen molar-refractivity contribution >= 4 is 15.9 Å². The molecule has 18 heavy (non-hydrogen) atoms. The Hall–Kier alpha value is -0.410. The second kappa shape index (κ2) is 6.67. The van der Waals surface area contributed by atoms with Gasteiger partial charge in [-0.2, -0.15) is 0 Å². The molecule has 0 aliphatic carbocycles. The van der Waals surface area contributed by atoms with Crippen molar-refractivity contribution in [1.82, 2.24) is 5.32 Å². The van der Waals surface area contributed by atoms with Gasteiger partial charge in [0, 0.05) is 6.04 Å². The molecule has 0 heterocycles. The summed E-state index contributed by atoms with van der Waals surface area (Å²) in [6.07, 6.45) is 1.92. The standard InChI is InChI=1S/C15H23BrFN/c1-5-18-12(10-15(2,3)4)9-11-7-6-8-13(17)14(11)16/h6-8,12,18H,5,9-10H2,1-4H3. The summed E-state index contributed by atoms with van der Waals surface area (Å²) >= 11 is 3.34. The highest BCUT2D eigenvalue weighted by atomic mass is 79.9. The molecule has 0 saturated heterocycles. The number of benzene rings is 1. The molecule has 0 fully saturated rings. The van der Waals surface area contributed by atoms with Crippen molar-refractivity contribution < 1.29 is 4.39 Å². The lowest BCUT2D eigenvalue weighted by molar-refractivity contribution is 0.309. The van der Waals surface area contributed by atoms with E-state index in [2.05, 4.69) is 48.9 Å². The molecule has 3 heteroatoms. The first kappa shape index (κ1) is 15.6. The average Bonchev–Trinajstić information content (AvgIpc) is 2.23. The number of hydrogen-bond donors (Lipinski definition) is 1. The van der Waals surface area contributed by atoms with Crippen molar-refractivity contribution in [2.24, 2.45) is 5.41 Å². The highest BCUT2D eigenvalue weighted by molar-refractivity contribution is 9.10. The fourth-order valence-corrected chi connectivity index (χ4v) is 2.64. The van der Waals surface area contributed by atoms with Crippen molar-refractivity contribution in [1.29, 1.82) is 0 Å². The third-order valence-corrected chi connectivity index (χ3v) is 3.74. The van der Waals surface area contributed by atoms with Gasteiger partial charge in [-0.1, -0.05) is 39.8 Å². The Kier molecular flexibility index (Phi) is 5.80. The summed E-state index contributed by atoms with van der Waals surface area (Å²) in [6, 6.07) is 5.63. The van der Waals surface area contributed by atoms with Gasteiger partial charge in [0.2, 0.25) is 0 Å². The molecule has 0 aromatic heterocycles. The Balaban J connectivity index is 2.80. The first-order chi connectivity index (χ1) is 8.33. The zero-order valence-corrected chi connectivity index (χ0v) is 13.3. The van der Waals surface area contributed by atoms with E-state index in [-0.39, 0.29) is 11.2 Å². The third kappa shape index (κ3) is 5.07. The molecule has 1 unspecified atom stereocenters. The minimum atomic E-state index is -0.182. The Morgan fingerprint density at radius 2 is 2.00 bits per heavy atom. The van der Waals surface area contributed by atoms with Crippen molar-refractivity contribution in [3.63, 3.8) is 0 Å². The number of hydrogen-bond acceptors (Lipinski definition) is 1. The minimum absolute atomic E-state index is 0.182. The smallest absolute Gasteiger partial charge is 0.137 e. The number of rotatable bonds is 5. The topological polar surface area (TPSA) is 12.0 Å². The summed E-state index contributed by atoms with van der Waals surface area (Å²) in [5.74, 6) is -0.182. The molecular formula is C15H23BrFN. The van der Waals surface area contributed by atoms with E-state index >= 15 is 0 Å². The van der Waals surface area contributed by atoms with Crippen LogP contribution in [-0.2, 0) is 6.42 Å². The summed E-state index contributed by atoms with van der Waals surface area (Å²) in [5, 5.41) is 3.49. The predicted octanol–water partition coefficient (Wildman–Crippen LogP) is 4.55. The van der Waals surface area contributed by atoms with Crippen LogP contribution in [0.4, 0.5) is 4.39 Å². The van der Waals surface area contributed by atoms with Gasteiger partial charge in [-0.15, -0.1) is 0 Å². The lowest BCUT2D eigenvalue weighted by Gasteiger charge is -2.27.